The first-order valence-corrected chi connectivity index (χ1v) is 7.09. The van der Waals surface area contributed by atoms with Crippen molar-refractivity contribution in [1.29, 1.82) is 0 Å². The zero-order valence-corrected chi connectivity index (χ0v) is 12.7. The largest absolute Gasteiger partial charge is 0.451 e. The van der Waals surface area contributed by atoms with Crippen molar-refractivity contribution < 1.29 is 13.6 Å². The number of anilines is 1. The van der Waals surface area contributed by atoms with Gasteiger partial charge in [0, 0.05) is 9.86 Å². The number of carbonyl (C=O) groups is 1. The first kappa shape index (κ1) is 13.8. The van der Waals surface area contributed by atoms with Crippen LogP contribution in [-0.4, -0.2) is 5.91 Å². The van der Waals surface area contributed by atoms with Gasteiger partial charge in [-0.3, -0.25) is 4.79 Å². The van der Waals surface area contributed by atoms with Crippen molar-refractivity contribution in [3.63, 3.8) is 0 Å². The first-order chi connectivity index (χ1) is 10.0. The van der Waals surface area contributed by atoms with Crippen molar-refractivity contribution in [1.82, 2.24) is 0 Å². The van der Waals surface area contributed by atoms with Crippen LogP contribution in [0.5, 0.6) is 0 Å². The molecule has 0 unspecified atom stereocenters. The topological polar surface area (TPSA) is 42.2 Å². The van der Waals surface area contributed by atoms with Crippen molar-refractivity contribution >= 4 is 38.5 Å². The van der Waals surface area contributed by atoms with E-state index in [0.29, 0.717) is 10.1 Å². The zero-order valence-electron chi connectivity index (χ0n) is 11.1. The van der Waals surface area contributed by atoms with Crippen LogP contribution in [-0.2, 0) is 0 Å². The van der Waals surface area contributed by atoms with Crippen LogP contribution in [0.2, 0.25) is 0 Å². The van der Waals surface area contributed by atoms with Crippen molar-refractivity contribution in [3.8, 4) is 0 Å². The van der Waals surface area contributed by atoms with Gasteiger partial charge in [0.05, 0.1) is 5.69 Å². The predicted molar refractivity (Wildman–Crippen MR) is 83.0 cm³/mol. The number of halogens is 2. The summed E-state index contributed by atoms with van der Waals surface area (Å²) in [6.07, 6.45) is 0. The zero-order chi connectivity index (χ0) is 15.0. The number of amides is 1. The van der Waals surface area contributed by atoms with E-state index < -0.39 is 11.7 Å². The molecule has 1 N–H and O–H groups in total. The molecule has 0 bridgehead atoms. The van der Waals surface area contributed by atoms with Crippen LogP contribution < -0.4 is 5.32 Å². The van der Waals surface area contributed by atoms with E-state index in [-0.39, 0.29) is 11.4 Å². The summed E-state index contributed by atoms with van der Waals surface area (Å²) in [5.41, 5.74) is 1.82. The number of hydrogen-bond acceptors (Lipinski definition) is 2. The molecule has 0 radical (unpaired) electrons. The van der Waals surface area contributed by atoms with Gasteiger partial charge in [-0.05, 0) is 43.3 Å². The highest BCUT2D eigenvalue weighted by molar-refractivity contribution is 9.10. The minimum Gasteiger partial charge on any atom is -0.451 e. The lowest BCUT2D eigenvalue weighted by Crippen LogP contribution is -2.11. The number of aryl methyl sites for hydroxylation is 1. The molecule has 106 valence electrons. The summed E-state index contributed by atoms with van der Waals surface area (Å²) in [4.78, 5) is 12.1. The Morgan fingerprint density at radius 1 is 1.19 bits per heavy atom. The summed E-state index contributed by atoms with van der Waals surface area (Å²) in [6, 6.07) is 11.7. The molecular weight excluding hydrogens is 337 g/mol. The second-order valence-corrected chi connectivity index (χ2v) is 5.65. The van der Waals surface area contributed by atoms with Crippen molar-refractivity contribution in [2.75, 3.05) is 5.32 Å². The molecule has 0 atom stereocenters. The lowest BCUT2D eigenvalue weighted by Gasteiger charge is -2.04. The second-order valence-electron chi connectivity index (χ2n) is 4.73. The van der Waals surface area contributed by atoms with Crippen molar-refractivity contribution in [2.45, 2.75) is 6.92 Å². The third-order valence-electron chi connectivity index (χ3n) is 3.07. The van der Waals surface area contributed by atoms with Gasteiger partial charge in [0.25, 0.3) is 5.91 Å². The lowest BCUT2D eigenvalue weighted by molar-refractivity contribution is 0.0998. The van der Waals surface area contributed by atoms with Gasteiger partial charge in [-0.15, -0.1) is 0 Å². The molecule has 0 aliphatic carbocycles. The minimum atomic E-state index is -0.510. The number of rotatable bonds is 2. The van der Waals surface area contributed by atoms with Crippen LogP contribution in [0.15, 0.2) is 51.4 Å². The van der Waals surface area contributed by atoms with Gasteiger partial charge in [-0.25, -0.2) is 4.39 Å². The van der Waals surface area contributed by atoms with Crippen LogP contribution >= 0.6 is 15.9 Å². The monoisotopic (exact) mass is 347 g/mol. The van der Waals surface area contributed by atoms with Gasteiger partial charge in [0.15, 0.2) is 5.76 Å². The summed E-state index contributed by atoms with van der Waals surface area (Å²) >= 11 is 3.17. The predicted octanol–water partition coefficient (Wildman–Crippen LogP) is 4.90. The number of fused-ring (bicyclic) bond motifs is 1. The molecule has 1 aromatic heterocycles. The first-order valence-electron chi connectivity index (χ1n) is 6.29. The Balaban J connectivity index is 1.89. The summed E-state index contributed by atoms with van der Waals surface area (Å²) in [6.45, 7) is 1.96. The fraction of sp³-hybridized carbons (Fsp3) is 0.0625. The van der Waals surface area contributed by atoms with Crippen molar-refractivity contribution in [3.05, 3.63) is 64.1 Å². The van der Waals surface area contributed by atoms with Gasteiger partial charge in [-0.2, -0.15) is 0 Å². The number of carbonyl (C=O) groups excluding carboxylic acids is 1. The smallest absolute Gasteiger partial charge is 0.291 e. The van der Waals surface area contributed by atoms with Gasteiger partial charge in [0.1, 0.15) is 11.4 Å². The summed E-state index contributed by atoms with van der Waals surface area (Å²) in [5.74, 6) is -0.840. The highest BCUT2D eigenvalue weighted by atomic mass is 79.9. The molecule has 3 nitrogen and oxygen atoms in total. The fourth-order valence-corrected chi connectivity index (χ4v) is 2.38. The van der Waals surface area contributed by atoms with Crippen LogP contribution in [0.1, 0.15) is 16.1 Å². The Morgan fingerprint density at radius 3 is 2.76 bits per heavy atom. The number of hydrogen-bond donors (Lipinski definition) is 1. The van der Waals surface area contributed by atoms with E-state index in [1.807, 2.05) is 25.1 Å². The lowest BCUT2D eigenvalue weighted by atomic mass is 10.2. The quantitative estimate of drug-likeness (QED) is 0.716. The molecule has 3 rings (SSSR count). The minimum absolute atomic E-state index is 0.111. The molecule has 0 saturated carbocycles. The van der Waals surface area contributed by atoms with E-state index in [9.17, 15) is 9.18 Å². The third-order valence-corrected chi connectivity index (χ3v) is 3.57. The van der Waals surface area contributed by atoms with E-state index in [1.54, 1.807) is 12.1 Å². The van der Waals surface area contributed by atoms with Gasteiger partial charge >= 0.3 is 0 Å². The molecule has 21 heavy (non-hydrogen) atoms. The van der Waals surface area contributed by atoms with E-state index >= 15 is 0 Å². The molecule has 5 heteroatoms. The molecule has 0 saturated heterocycles. The maximum absolute atomic E-state index is 13.7. The Labute approximate surface area is 128 Å². The van der Waals surface area contributed by atoms with Crippen molar-refractivity contribution in [2.24, 2.45) is 0 Å². The van der Waals surface area contributed by atoms with E-state index in [1.165, 1.54) is 12.1 Å². The van der Waals surface area contributed by atoms with Gasteiger partial charge in [0.2, 0.25) is 0 Å². The second kappa shape index (κ2) is 5.33. The molecular formula is C16H11BrFNO2. The van der Waals surface area contributed by atoms with E-state index in [0.717, 1.165) is 10.9 Å². The molecule has 3 aromatic rings. The highest BCUT2D eigenvalue weighted by Gasteiger charge is 2.14. The Kier molecular flexibility index (Phi) is 3.51. The highest BCUT2D eigenvalue weighted by Crippen LogP contribution is 2.23. The fourth-order valence-electron chi connectivity index (χ4n) is 2.05. The molecule has 0 aliphatic rings. The van der Waals surface area contributed by atoms with Crippen LogP contribution in [0, 0.1) is 12.7 Å². The number of benzene rings is 2. The summed E-state index contributed by atoms with van der Waals surface area (Å²) in [7, 11) is 0. The number of nitrogens with one attached hydrogen (secondary N) is 1. The van der Waals surface area contributed by atoms with Crippen LogP contribution in [0.25, 0.3) is 11.0 Å². The maximum Gasteiger partial charge on any atom is 0.291 e. The molecule has 2 aromatic carbocycles. The number of furan rings is 1. The summed E-state index contributed by atoms with van der Waals surface area (Å²) < 4.78 is 19.8. The Morgan fingerprint density at radius 2 is 2.00 bits per heavy atom. The standard InChI is InChI=1S/C16H11BrFNO2/c1-9-2-5-14-10(6-9)7-15(21-14)16(20)19-13-4-3-11(17)8-12(13)18/h2-8H,1H3,(H,19,20). The normalized spacial score (nSPS) is 10.8. The maximum atomic E-state index is 13.7. The summed E-state index contributed by atoms with van der Waals surface area (Å²) in [5, 5.41) is 3.34. The molecule has 0 aliphatic heterocycles. The van der Waals surface area contributed by atoms with E-state index in [2.05, 4.69) is 21.2 Å². The average molecular weight is 348 g/mol. The molecule has 1 heterocycles. The van der Waals surface area contributed by atoms with Gasteiger partial charge < -0.3 is 9.73 Å². The van der Waals surface area contributed by atoms with Crippen LogP contribution in [0.4, 0.5) is 10.1 Å². The molecule has 1 amide bonds. The van der Waals surface area contributed by atoms with Gasteiger partial charge in [-0.1, -0.05) is 27.6 Å². The van der Waals surface area contributed by atoms with Crippen LogP contribution in [0.3, 0.4) is 0 Å². The SMILES string of the molecule is Cc1ccc2oc(C(=O)Nc3ccc(Br)cc3F)cc2c1. The Hall–Kier alpha value is -2.14. The third kappa shape index (κ3) is 2.83. The molecule has 0 spiro atoms. The van der Waals surface area contributed by atoms with E-state index in [4.69, 9.17) is 4.42 Å². The Bertz CT molecular complexity index is 841. The average Bonchev–Trinajstić information content (AvgIpc) is 2.85. The molecule has 0 fully saturated rings.